The van der Waals surface area contributed by atoms with E-state index in [9.17, 15) is 23.9 Å². The summed E-state index contributed by atoms with van der Waals surface area (Å²) in [5.41, 5.74) is 0.212. The maximum absolute atomic E-state index is 13.7. The molecule has 124 valence electrons. The number of carbonyl (C=O) groups is 3. The van der Waals surface area contributed by atoms with Gasteiger partial charge in [0.15, 0.2) is 0 Å². The summed E-state index contributed by atoms with van der Waals surface area (Å²) < 4.78 is 13.7. The Hall–Kier alpha value is -2.44. The molecule has 1 aliphatic rings. The Kier molecular flexibility index (Phi) is 5.31. The Morgan fingerprint density at radius 3 is 2.61 bits per heavy atom. The lowest BCUT2D eigenvalue weighted by Gasteiger charge is -2.36. The highest BCUT2D eigenvalue weighted by Gasteiger charge is 2.38. The molecule has 1 heterocycles. The van der Waals surface area contributed by atoms with Crippen LogP contribution in [-0.4, -0.2) is 47.4 Å². The number of hydrogen-bond donors (Lipinski definition) is 2. The molecule has 0 saturated carbocycles. The van der Waals surface area contributed by atoms with Crippen molar-refractivity contribution in [3.05, 3.63) is 35.6 Å². The molecule has 1 fully saturated rings. The molecule has 7 heteroatoms. The quantitative estimate of drug-likeness (QED) is 0.859. The summed E-state index contributed by atoms with van der Waals surface area (Å²) in [6.45, 7) is 0.0317. The zero-order valence-electron chi connectivity index (χ0n) is 12.8. The zero-order valence-corrected chi connectivity index (χ0v) is 12.8. The summed E-state index contributed by atoms with van der Waals surface area (Å²) in [5.74, 6) is -2.77. The Balaban J connectivity index is 2.17. The van der Waals surface area contributed by atoms with Gasteiger partial charge in [-0.3, -0.25) is 9.59 Å². The molecule has 1 saturated heterocycles. The summed E-state index contributed by atoms with van der Waals surface area (Å²) in [4.78, 5) is 36.8. The number of piperidine rings is 1. The van der Waals surface area contributed by atoms with Crippen LogP contribution in [-0.2, 0) is 20.8 Å². The van der Waals surface area contributed by atoms with Crippen LogP contribution in [0.25, 0.3) is 0 Å². The molecule has 2 amide bonds. The third kappa shape index (κ3) is 3.85. The van der Waals surface area contributed by atoms with E-state index in [0.717, 1.165) is 0 Å². The van der Waals surface area contributed by atoms with Crippen molar-refractivity contribution in [1.82, 2.24) is 10.2 Å². The van der Waals surface area contributed by atoms with Gasteiger partial charge in [0, 0.05) is 13.6 Å². The molecule has 0 aliphatic carbocycles. The average Bonchev–Trinajstić information content (AvgIpc) is 2.55. The summed E-state index contributed by atoms with van der Waals surface area (Å²) in [6.07, 6.45) is 0.382. The lowest BCUT2D eigenvalue weighted by molar-refractivity contribution is -0.154. The lowest BCUT2D eigenvalue weighted by Crippen LogP contribution is -2.53. The number of nitrogens with one attached hydrogen (secondary N) is 1. The van der Waals surface area contributed by atoms with Gasteiger partial charge >= 0.3 is 5.97 Å². The average molecular weight is 322 g/mol. The molecule has 2 rings (SSSR count). The van der Waals surface area contributed by atoms with Gasteiger partial charge in [0.2, 0.25) is 11.8 Å². The first-order chi connectivity index (χ1) is 10.9. The minimum atomic E-state index is -1.11. The van der Waals surface area contributed by atoms with Gasteiger partial charge < -0.3 is 15.3 Å². The smallest absolute Gasteiger partial charge is 0.326 e. The maximum atomic E-state index is 13.7. The van der Waals surface area contributed by atoms with Gasteiger partial charge in [-0.1, -0.05) is 18.2 Å². The Morgan fingerprint density at radius 2 is 2.00 bits per heavy atom. The van der Waals surface area contributed by atoms with E-state index in [1.807, 2.05) is 0 Å². The second kappa shape index (κ2) is 7.21. The van der Waals surface area contributed by atoms with Crippen molar-refractivity contribution < 1.29 is 23.9 Å². The SMILES string of the molecule is CNC(=O)[C@H]1CC[C@@H](C(=O)O)N(C(=O)Cc2ccccc2F)C1. The summed E-state index contributed by atoms with van der Waals surface area (Å²) in [6, 6.07) is 4.90. The third-order valence-electron chi connectivity index (χ3n) is 4.10. The van der Waals surface area contributed by atoms with E-state index < -0.39 is 29.7 Å². The number of carbonyl (C=O) groups excluding carboxylic acids is 2. The van der Waals surface area contributed by atoms with Gasteiger partial charge in [-0.2, -0.15) is 0 Å². The fourth-order valence-electron chi connectivity index (χ4n) is 2.83. The van der Waals surface area contributed by atoms with Gasteiger partial charge in [-0.05, 0) is 24.5 Å². The monoisotopic (exact) mass is 322 g/mol. The Bertz CT molecular complexity index is 620. The van der Waals surface area contributed by atoms with Crippen LogP contribution in [0.3, 0.4) is 0 Å². The fourth-order valence-corrected chi connectivity index (χ4v) is 2.83. The van der Waals surface area contributed by atoms with E-state index in [1.165, 1.54) is 30.1 Å². The van der Waals surface area contributed by atoms with Crippen LogP contribution >= 0.6 is 0 Å². The summed E-state index contributed by atoms with van der Waals surface area (Å²) in [7, 11) is 1.50. The topological polar surface area (TPSA) is 86.7 Å². The highest BCUT2D eigenvalue weighted by atomic mass is 19.1. The molecule has 1 aliphatic heterocycles. The van der Waals surface area contributed by atoms with Crippen LogP contribution < -0.4 is 5.32 Å². The molecule has 23 heavy (non-hydrogen) atoms. The van der Waals surface area contributed by atoms with Crippen molar-refractivity contribution in [2.24, 2.45) is 5.92 Å². The van der Waals surface area contributed by atoms with Crippen molar-refractivity contribution in [1.29, 1.82) is 0 Å². The molecule has 1 aromatic rings. The van der Waals surface area contributed by atoms with Gasteiger partial charge in [0.05, 0.1) is 12.3 Å². The number of amides is 2. The molecular weight excluding hydrogens is 303 g/mol. The first-order valence-electron chi connectivity index (χ1n) is 7.41. The predicted octanol–water partition coefficient (Wildman–Crippen LogP) is 0.806. The van der Waals surface area contributed by atoms with E-state index >= 15 is 0 Å². The van der Waals surface area contributed by atoms with E-state index in [-0.39, 0.29) is 30.9 Å². The molecule has 1 aromatic carbocycles. The highest BCUT2D eigenvalue weighted by Crippen LogP contribution is 2.24. The molecule has 0 unspecified atom stereocenters. The third-order valence-corrected chi connectivity index (χ3v) is 4.10. The van der Waals surface area contributed by atoms with E-state index in [2.05, 4.69) is 5.32 Å². The maximum Gasteiger partial charge on any atom is 0.326 e. The summed E-state index contributed by atoms with van der Waals surface area (Å²) in [5, 5.41) is 11.8. The number of benzene rings is 1. The van der Waals surface area contributed by atoms with Crippen molar-refractivity contribution in [2.45, 2.75) is 25.3 Å². The molecule has 0 spiro atoms. The number of carboxylic acid groups (broad SMARTS) is 1. The zero-order chi connectivity index (χ0) is 17.0. The van der Waals surface area contributed by atoms with E-state index in [0.29, 0.717) is 6.42 Å². The van der Waals surface area contributed by atoms with Crippen LogP contribution in [0.15, 0.2) is 24.3 Å². The van der Waals surface area contributed by atoms with Gasteiger partial charge in [-0.25, -0.2) is 9.18 Å². The Morgan fingerprint density at radius 1 is 1.30 bits per heavy atom. The van der Waals surface area contributed by atoms with Gasteiger partial charge in [-0.15, -0.1) is 0 Å². The van der Waals surface area contributed by atoms with Crippen LogP contribution in [0, 0.1) is 11.7 Å². The molecule has 2 N–H and O–H groups in total. The van der Waals surface area contributed by atoms with Crippen molar-refractivity contribution in [2.75, 3.05) is 13.6 Å². The number of carboxylic acids is 1. The normalized spacial score (nSPS) is 20.9. The Labute approximate surface area is 133 Å². The van der Waals surface area contributed by atoms with Crippen LogP contribution in [0.2, 0.25) is 0 Å². The molecule has 6 nitrogen and oxygen atoms in total. The van der Waals surface area contributed by atoms with Crippen LogP contribution in [0.4, 0.5) is 4.39 Å². The predicted molar refractivity (Wildman–Crippen MR) is 80.0 cm³/mol. The van der Waals surface area contributed by atoms with Crippen molar-refractivity contribution >= 4 is 17.8 Å². The second-order valence-corrected chi connectivity index (χ2v) is 5.56. The molecule has 2 atom stereocenters. The standard InChI is InChI=1S/C16H19FN2O4/c1-18-15(21)11-6-7-13(16(22)23)19(9-11)14(20)8-10-4-2-3-5-12(10)17/h2-5,11,13H,6-9H2,1H3,(H,18,21)(H,22,23)/t11-,13-/m0/s1. The highest BCUT2D eigenvalue weighted by molar-refractivity contribution is 5.87. The van der Waals surface area contributed by atoms with Crippen LogP contribution in [0.5, 0.6) is 0 Å². The lowest BCUT2D eigenvalue weighted by atomic mass is 9.91. The molecular formula is C16H19FN2O4. The van der Waals surface area contributed by atoms with Gasteiger partial charge in [0.25, 0.3) is 0 Å². The minimum Gasteiger partial charge on any atom is -0.480 e. The minimum absolute atomic E-state index is 0.0317. The number of likely N-dealkylation sites (tertiary alicyclic amines) is 1. The van der Waals surface area contributed by atoms with E-state index in [1.54, 1.807) is 6.07 Å². The van der Waals surface area contributed by atoms with Crippen LogP contribution in [0.1, 0.15) is 18.4 Å². The number of nitrogens with zero attached hydrogens (tertiary/aromatic N) is 1. The number of halogens is 1. The summed E-state index contributed by atoms with van der Waals surface area (Å²) >= 11 is 0. The number of aliphatic carboxylic acids is 1. The number of rotatable bonds is 4. The van der Waals surface area contributed by atoms with Crippen molar-refractivity contribution in [3.8, 4) is 0 Å². The first kappa shape index (κ1) is 16.9. The van der Waals surface area contributed by atoms with Crippen molar-refractivity contribution in [3.63, 3.8) is 0 Å². The molecule has 0 bridgehead atoms. The number of hydrogen-bond acceptors (Lipinski definition) is 3. The largest absolute Gasteiger partial charge is 0.480 e. The van der Waals surface area contributed by atoms with Gasteiger partial charge in [0.1, 0.15) is 11.9 Å². The fraction of sp³-hybridized carbons (Fsp3) is 0.438. The molecule has 0 radical (unpaired) electrons. The van der Waals surface area contributed by atoms with E-state index in [4.69, 9.17) is 0 Å². The first-order valence-corrected chi connectivity index (χ1v) is 7.41. The molecule has 0 aromatic heterocycles. The second-order valence-electron chi connectivity index (χ2n) is 5.56.